The van der Waals surface area contributed by atoms with Crippen molar-refractivity contribution in [1.82, 2.24) is 0 Å². The lowest BCUT2D eigenvalue weighted by molar-refractivity contribution is -0.0970. The summed E-state index contributed by atoms with van der Waals surface area (Å²) in [5, 5.41) is 21.9. The number of aliphatic hydroxyl groups is 2. The molecule has 0 heterocycles. The summed E-state index contributed by atoms with van der Waals surface area (Å²) in [6.07, 6.45) is 10.5. The van der Waals surface area contributed by atoms with Gasteiger partial charge in [0.05, 0.1) is 6.10 Å². The van der Waals surface area contributed by atoms with Crippen molar-refractivity contribution in [2.45, 2.75) is 76.9 Å². The average molecular weight is 391 g/mol. The van der Waals surface area contributed by atoms with Crippen LogP contribution in [0.15, 0.2) is 42.0 Å². The molecule has 4 aliphatic carbocycles. The summed E-state index contributed by atoms with van der Waals surface area (Å²) in [6, 6.07) is 10.1. The highest BCUT2D eigenvalue weighted by Gasteiger charge is 2.63. The average Bonchev–Trinajstić information content (AvgIpc) is 2.99. The van der Waals surface area contributed by atoms with Crippen LogP contribution in [0.3, 0.4) is 0 Å². The Bertz CT molecular complexity index is 877. The first-order chi connectivity index (χ1) is 13.9. The van der Waals surface area contributed by atoms with Crippen LogP contribution in [0.25, 0.3) is 0 Å². The highest BCUT2D eigenvalue weighted by atomic mass is 16.3. The Morgan fingerprint density at radius 1 is 0.966 bits per heavy atom. The molecular formula is C27H34O2. The molecule has 0 bridgehead atoms. The van der Waals surface area contributed by atoms with Crippen LogP contribution in [0.2, 0.25) is 0 Å². The number of hydrogen-bond donors (Lipinski definition) is 2. The third-order valence-corrected chi connectivity index (χ3v) is 9.42. The Hall–Kier alpha value is -1.56. The van der Waals surface area contributed by atoms with E-state index >= 15 is 0 Å². The second-order valence-corrected chi connectivity index (χ2v) is 10.6. The zero-order valence-electron chi connectivity index (χ0n) is 17.8. The van der Waals surface area contributed by atoms with Crippen LogP contribution in [-0.2, 0) is 0 Å². The molecule has 29 heavy (non-hydrogen) atoms. The van der Waals surface area contributed by atoms with Crippen molar-refractivity contribution in [3.8, 4) is 11.8 Å². The van der Waals surface area contributed by atoms with Crippen molar-refractivity contribution in [2.75, 3.05) is 0 Å². The van der Waals surface area contributed by atoms with E-state index < -0.39 is 5.60 Å². The normalized spacial score (nSPS) is 45.9. The van der Waals surface area contributed by atoms with Crippen LogP contribution in [0.1, 0.15) is 70.8 Å². The maximum atomic E-state index is 11.7. The van der Waals surface area contributed by atoms with E-state index in [9.17, 15) is 10.2 Å². The molecule has 0 aromatic heterocycles. The minimum atomic E-state index is -0.883. The molecule has 154 valence electrons. The van der Waals surface area contributed by atoms with Gasteiger partial charge in [-0.25, -0.2) is 0 Å². The van der Waals surface area contributed by atoms with Gasteiger partial charge in [-0.3, -0.25) is 0 Å². The Labute approximate surface area is 175 Å². The zero-order valence-corrected chi connectivity index (χ0v) is 17.8. The van der Waals surface area contributed by atoms with Gasteiger partial charge in [0.1, 0.15) is 5.60 Å². The summed E-state index contributed by atoms with van der Waals surface area (Å²) in [5.74, 6) is 8.49. The zero-order chi connectivity index (χ0) is 20.3. The number of hydrogen-bond acceptors (Lipinski definition) is 2. The Balaban J connectivity index is 1.45. The summed E-state index contributed by atoms with van der Waals surface area (Å²) in [5.41, 5.74) is 1.75. The van der Waals surface area contributed by atoms with E-state index in [-0.39, 0.29) is 16.9 Å². The summed E-state index contributed by atoms with van der Waals surface area (Å²) >= 11 is 0. The van der Waals surface area contributed by atoms with Crippen molar-refractivity contribution in [1.29, 1.82) is 0 Å². The number of rotatable bonds is 0. The van der Waals surface area contributed by atoms with Gasteiger partial charge in [0.2, 0.25) is 0 Å². The predicted octanol–water partition coefficient (Wildman–Crippen LogP) is 5.09. The molecular weight excluding hydrogens is 356 g/mol. The number of aliphatic hydroxyl groups excluding tert-OH is 1. The maximum absolute atomic E-state index is 11.7. The van der Waals surface area contributed by atoms with Crippen molar-refractivity contribution in [3.63, 3.8) is 0 Å². The Morgan fingerprint density at radius 2 is 1.72 bits per heavy atom. The minimum absolute atomic E-state index is 0.119. The number of allylic oxidation sites excluding steroid dienone is 1. The van der Waals surface area contributed by atoms with E-state index in [4.69, 9.17) is 0 Å². The molecule has 5 rings (SSSR count). The molecule has 0 unspecified atom stereocenters. The van der Waals surface area contributed by atoms with Gasteiger partial charge in [0, 0.05) is 11.0 Å². The molecule has 3 saturated carbocycles. The first kappa shape index (κ1) is 19.4. The van der Waals surface area contributed by atoms with Crippen molar-refractivity contribution < 1.29 is 10.2 Å². The van der Waals surface area contributed by atoms with Crippen molar-refractivity contribution in [2.24, 2.45) is 28.6 Å². The largest absolute Gasteiger partial charge is 0.393 e. The lowest BCUT2D eigenvalue weighted by atomic mass is 9.47. The van der Waals surface area contributed by atoms with E-state index in [0.29, 0.717) is 17.8 Å². The molecule has 0 spiro atoms. The summed E-state index contributed by atoms with van der Waals surface area (Å²) in [6.45, 7) is 4.77. The van der Waals surface area contributed by atoms with E-state index in [2.05, 4.69) is 31.8 Å². The topological polar surface area (TPSA) is 40.5 Å². The van der Waals surface area contributed by atoms with E-state index in [1.54, 1.807) is 0 Å². The van der Waals surface area contributed by atoms with Gasteiger partial charge in [-0.2, -0.15) is 0 Å². The molecule has 7 atom stereocenters. The first-order valence-corrected chi connectivity index (χ1v) is 11.5. The molecule has 1 aromatic carbocycles. The Morgan fingerprint density at radius 3 is 2.52 bits per heavy atom. The lowest BCUT2D eigenvalue weighted by Gasteiger charge is -2.58. The van der Waals surface area contributed by atoms with Gasteiger partial charge in [0.25, 0.3) is 0 Å². The molecule has 3 fully saturated rings. The maximum Gasteiger partial charge on any atom is 0.131 e. The van der Waals surface area contributed by atoms with Gasteiger partial charge in [-0.15, -0.1) is 0 Å². The first-order valence-electron chi connectivity index (χ1n) is 11.5. The second kappa shape index (κ2) is 6.73. The monoisotopic (exact) mass is 390 g/mol. The van der Waals surface area contributed by atoms with Crippen LogP contribution in [0, 0.1) is 40.4 Å². The standard InChI is InChI=1S/C27H34O2/c1-25-14-11-21(28)18-20(25)8-9-22-23(25)12-15-26(2)24(22)13-17-27(26,29)16-10-19-6-4-3-5-7-19/h3-8,21-24,28-29H,9,11-15,17-18H2,1-2H3/t21-,22+,23-,24-,25+,26-,27+/m1/s1. The fraction of sp³-hybridized carbons (Fsp3) is 0.630. The molecule has 0 amide bonds. The highest BCUT2D eigenvalue weighted by molar-refractivity contribution is 5.38. The van der Waals surface area contributed by atoms with E-state index in [1.165, 1.54) is 12.0 Å². The summed E-state index contributed by atoms with van der Waals surface area (Å²) < 4.78 is 0. The number of benzene rings is 1. The fourth-order valence-corrected chi connectivity index (χ4v) is 7.56. The van der Waals surface area contributed by atoms with Crippen molar-refractivity contribution in [3.05, 3.63) is 47.5 Å². The molecule has 4 aliphatic rings. The van der Waals surface area contributed by atoms with E-state index in [1.807, 2.05) is 30.3 Å². The highest BCUT2D eigenvalue weighted by Crippen LogP contribution is 2.67. The lowest BCUT2D eigenvalue weighted by Crippen LogP contribution is -2.54. The molecule has 0 aliphatic heterocycles. The van der Waals surface area contributed by atoms with Crippen LogP contribution in [0.5, 0.6) is 0 Å². The molecule has 2 nitrogen and oxygen atoms in total. The van der Waals surface area contributed by atoms with Crippen molar-refractivity contribution >= 4 is 0 Å². The molecule has 0 saturated heterocycles. The number of fused-ring (bicyclic) bond motifs is 5. The van der Waals surface area contributed by atoms with Gasteiger partial charge >= 0.3 is 0 Å². The molecule has 2 heteroatoms. The second-order valence-electron chi connectivity index (χ2n) is 10.6. The van der Waals surface area contributed by atoms with Gasteiger partial charge in [-0.05, 0) is 86.7 Å². The third kappa shape index (κ3) is 2.85. The van der Waals surface area contributed by atoms with Crippen LogP contribution in [0.4, 0.5) is 0 Å². The van der Waals surface area contributed by atoms with Gasteiger partial charge < -0.3 is 10.2 Å². The quantitative estimate of drug-likeness (QED) is 0.478. The van der Waals surface area contributed by atoms with Crippen LogP contribution >= 0.6 is 0 Å². The summed E-state index contributed by atoms with van der Waals surface area (Å²) in [4.78, 5) is 0. The van der Waals surface area contributed by atoms with Gasteiger partial charge in [-0.1, -0.05) is 55.5 Å². The SMILES string of the molecule is C[C@]12CC[C@@H](O)CC1=CC[C@H]1[C@H]2CC[C@]2(C)[C@@H]1CC[C@@]2(O)C#Cc1ccccc1. The van der Waals surface area contributed by atoms with Gasteiger partial charge in [0.15, 0.2) is 0 Å². The summed E-state index contributed by atoms with van der Waals surface area (Å²) in [7, 11) is 0. The fourth-order valence-electron chi connectivity index (χ4n) is 7.56. The smallest absolute Gasteiger partial charge is 0.131 e. The Kier molecular flexibility index (Phi) is 4.50. The molecule has 1 aromatic rings. The predicted molar refractivity (Wildman–Crippen MR) is 116 cm³/mol. The third-order valence-electron chi connectivity index (χ3n) is 9.42. The molecule has 2 N–H and O–H groups in total. The van der Waals surface area contributed by atoms with Crippen LogP contribution in [-0.4, -0.2) is 21.9 Å². The van der Waals surface area contributed by atoms with Crippen LogP contribution < -0.4 is 0 Å². The minimum Gasteiger partial charge on any atom is -0.393 e. The van der Waals surface area contributed by atoms with E-state index in [0.717, 1.165) is 50.5 Å². The molecule has 0 radical (unpaired) electrons.